The van der Waals surface area contributed by atoms with Crippen LogP contribution in [0.5, 0.6) is 0 Å². The first-order valence-electron chi connectivity index (χ1n) is 7.62. The fourth-order valence-corrected chi connectivity index (χ4v) is 3.82. The van der Waals surface area contributed by atoms with Gasteiger partial charge in [-0.3, -0.25) is 4.79 Å². The van der Waals surface area contributed by atoms with Crippen molar-refractivity contribution in [2.45, 2.75) is 0 Å². The highest BCUT2D eigenvalue weighted by molar-refractivity contribution is 9.10. The Balaban J connectivity index is 1.84. The van der Waals surface area contributed by atoms with Gasteiger partial charge >= 0.3 is 11.9 Å². The number of carbonyl (C=O) groups is 2. The van der Waals surface area contributed by atoms with Gasteiger partial charge < -0.3 is 9.47 Å². The minimum absolute atomic E-state index is 0.0446. The molecule has 0 bridgehead atoms. The molecule has 0 unspecified atom stereocenters. The lowest BCUT2D eigenvalue weighted by molar-refractivity contribution is -0.138. The van der Waals surface area contributed by atoms with Gasteiger partial charge in [-0.25, -0.2) is 9.59 Å². The number of halogens is 1. The van der Waals surface area contributed by atoms with Crippen LogP contribution in [0.15, 0.2) is 58.3 Å². The first-order chi connectivity index (χ1) is 12.5. The number of hydrogen-bond acceptors (Lipinski definition) is 6. The van der Waals surface area contributed by atoms with Crippen LogP contribution in [0.4, 0.5) is 0 Å². The van der Waals surface area contributed by atoms with E-state index in [0.29, 0.717) is 21.0 Å². The fourth-order valence-electron chi connectivity index (χ4n) is 2.37. The molecule has 0 aliphatic heterocycles. The highest BCUT2D eigenvalue weighted by Crippen LogP contribution is 2.27. The molecule has 0 fully saturated rings. The van der Waals surface area contributed by atoms with Crippen LogP contribution < -0.4 is 5.43 Å². The lowest BCUT2D eigenvalue weighted by atomic mass is 10.1. The summed E-state index contributed by atoms with van der Waals surface area (Å²) >= 11 is 4.80. The second-order valence-electron chi connectivity index (χ2n) is 5.29. The van der Waals surface area contributed by atoms with Gasteiger partial charge in [-0.1, -0.05) is 22.5 Å². The molecule has 0 saturated carbocycles. The molecule has 0 atom stereocenters. The largest absolute Gasteiger partial charge is 0.459 e. The molecule has 1 heterocycles. The third kappa shape index (κ3) is 3.84. The molecule has 0 amide bonds. The van der Waals surface area contributed by atoms with E-state index in [1.54, 1.807) is 24.3 Å². The molecule has 3 aromatic rings. The van der Waals surface area contributed by atoms with E-state index in [4.69, 9.17) is 9.47 Å². The number of fused-ring (bicyclic) bond motifs is 2. The molecule has 132 valence electrons. The first kappa shape index (κ1) is 18.3. The van der Waals surface area contributed by atoms with E-state index < -0.39 is 11.9 Å². The third-order valence-corrected chi connectivity index (χ3v) is 5.22. The van der Waals surface area contributed by atoms with Crippen LogP contribution >= 0.6 is 27.3 Å². The SMILES string of the molecule is C=CC(=O)OCCOC(=O)c1ccc2c(=O)c3cc(Br)ccc3sc2c1. The third-order valence-electron chi connectivity index (χ3n) is 3.60. The van der Waals surface area contributed by atoms with Crippen molar-refractivity contribution in [3.8, 4) is 0 Å². The van der Waals surface area contributed by atoms with Gasteiger partial charge in [0.2, 0.25) is 0 Å². The molecule has 3 rings (SSSR count). The Kier molecular flexibility index (Phi) is 5.49. The molecule has 0 spiro atoms. The highest BCUT2D eigenvalue weighted by Gasteiger charge is 2.12. The van der Waals surface area contributed by atoms with Gasteiger partial charge in [-0.15, -0.1) is 11.3 Å². The van der Waals surface area contributed by atoms with E-state index in [0.717, 1.165) is 15.2 Å². The van der Waals surface area contributed by atoms with Crippen LogP contribution in [0.25, 0.3) is 20.2 Å². The Morgan fingerprint density at radius 1 is 1.04 bits per heavy atom. The summed E-state index contributed by atoms with van der Waals surface area (Å²) in [5.74, 6) is -1.12. The number of esters is 2. The summed E-state index contributed by atoms with van der Waals surface area (Å²) < 4.78 is 12.2. The van der Waals surface area contributed by atoms with Crippen LogP contribution in [0, 0.1) is 0 Å². The van der Waals surface area contributed by atoms with Gasteiger partial charge in [0.05, 0.1) is 5.56 Å². The molecule has 0 saturated heterocycles. The van der Waals surface area contributed by atoms with Crippen molar-refractivity contribution in [3.63, 3.8) is 0 Å². The molecule has 5 nitrogen and oxygen atoms in total. The molecule has 26 heavy (non-hydrogen) atoms. The first-order valence-corrected chi connectivity index (χ1v) is 9.23. The monoisotopic (exact) mass is 432 g/mol. The molecule has 1 aromatic heterocycles. The van der Waals surface area contributed by atoms with E-state index >= 15 is 0 Å². The Morgan fingerprint density at radius 3 is 2.58 bits per heavy atom. The Labute approximate surface area is 161 Å². The number of carbonyl (C=O) groups excluding carboxylic acids is 2. The predicted octanol–water partition coefficient (Wildman–Crippen LogP) is 4.06. The van der Waals surface area contributed by atoms with Crippen molar-refractivity contribution in [2.75, 3.05) is 13.2 Å². The second-order valence-corrected chi connectivity index (χ2v) is 7.29. The van der Waals surface area contributed by atoms with Crippen molar-refractivity contribution in [1.82, 2.24) is 0 Å². The van der Waals surface area contributed by atoms with Crippen LogP contribution in [0.2, 0.25) is 0 Å². The summed E-state index contributed by atoms with van der Waals surface area (Å²) in [6.45, 7) is 3.17. The standard InChI is InChI=1S/C19H13BrO5S/c1-2-17(21)24-7-8-25-19(23)11-3-5-13-16(9-11)26-15-6-4-12(20)10-14(15)18(13)22/h2-6,9-10H,1,7-8H2. The molecule has 0 aliphatic rings. The van der Waals surface area contributed by atoms with Crippen molar-refractivity contribution in [3.05, 3.63) is 69.3 Å². The van der Waals surface area contributed by atoms with E-state index in [-0.39, 0.29) is 18.6 Å². The molecule has 0 radical (unpaired) electrons. The fraction of sp³-hybridized carbons (Fsp3) is 0.105. The van der Waals surface area contributed by atoms with Crippen LogP contribution in [-0.2, 0) is 14.3 Å². The summed E-state index contributed by atoms with van der Waals surface area (Å²) in [5, 5.41) is 1.19. The van der Waals surface area contributed by atoms with Crippen molar-refractivity contribution >= 4 is 59.4 Å². The van der Waals surface area contributed by atoms with Crippen LogP contribution in [0.3, 0.4) is 0 Å². The Morgan fingerprint density at radius 2 is 1.81 bits per heavy atom. The van der Waals surface area contributed by atoms with Gasteiger partial charge in [0, 0.05) is 30.7 Å². The Hall–Kier alpha value is -2.51. The predicted molar refractivity (Wildman–Crippen MR) is 105 cm³/mol. The zero-order valence-corrected chi connectivity index (χ0v) is 15.9. The lowest BCUT2D eigenvalue weighted by Crippen LogP contribution is -2.13. The zero-order valence-electron chi connectivity index (χ0n) is 13.5. The number of hydrogen-bond donors (Lipinski definition) is 0. The van der Waals surface area contributed by atoms with Gasteiger partial charge in [0.15, 0.2) is 5.43 Å². The summed E-state index contributed by atoms with van der Waals surface area (Å²) in [6.07, 6.45) is 1.04. The Bertz CT molecular complexity index is 1090. The van der Waals surface area contributed by atoms with Crippen molar-refractivity contribution < 1.29 is 19.1 Å². The van der Waals surface area contributed by atoms with Crippen molar-refractivity contribution in [1.29, 1.82) is 0 Å². The van der Waals surface area contributed by atoms with E-state index in [1.807, 2.05) is 12.1 Å². The number of rotatable bonds is 5. The van der Waals surface area contributed by atoms with Gasteiger partial charge in [0.25, 0.3) is 0 Å². The molecule has 7 heteroatoms. The molecular formula is C19H13BrO5S. The van der Waals surface area contributed by atoms with E-state index in [2.05, 4.69) is 22.5 Å². The van der Waals surface area contributed by atoms with Gasteiger partial charge in [-0.2, -0.15) is 0 Å². The molecule has 2 aromatic carbocycles. The minimum atomic E-state index is -0.574. The average molecular weight is 433 g/mol. The highest BCUT2D eigenvalue weighted by atomic mass is 79.9. The zero-order chi connectivity index (χ0) is 18.7. The minimum Gasteiger partial charge on any atom is -0.459 e. The van der Waals surface area contributed by atoms with Gasteiger partial charge in [-0.05, 0) is 36.4 Å². The second kappa shape index (κ2) is 7.80. The van der Waals surface area contributed by atoms with E-state index in [1.165, 1.54) is 11.3 Å². The summed E-state index contributed by atoms with van der Waals surface area (Å²) in [4.78, 5) is 35.7. The van der Waals surface area contributed by atoms with Crippen molar-refractivity contribution in [2.24, 2.45) is 0 Å². The topological polar surface area (TPSA) is 69.7 Å². The molecular weight excluding hydrogens is 420 g/mol. The maximum atomic E-state index is 12.6. The van der Waals surface area contributed by atoms with E-state index in [9.17, 15) is 14.4 Å². The molecule has 0 aliphatic carbocycles. The maximum Gasteiger partial charge on any atom is 0.338 e. The molecule has 0 N–H and O–H groups in total. The maximum absolute atomic E-state index is 12.6. The summed E-state index contributed by atoms with van der Waals surface area (Å²) in [7, 11) is 0. The smallest absolute Gasteiger partial charge is 0.338 e. The number of ether oxygens (including phenoxy) is 2. The quantitative estimate of drug-likeness (QED) is 0.263. The summed E-state index contributed by atoms with van der Waals surface area (Å²) in [6, 6.07) is 10.3. The summed E-state index contributed by atoms with van der Waals surface area (Å²) in [5.41, 5.74) is 0.256. The normalized spacial score (nSPS) is 10.7. The number of benzene rings is 2. The van der Waals surface area contributed by atoms with Crippen LogP contribution in [-0.4, -0.2) is 25.2 Å². The lowest BCUT2D eigenvalue weighted by Gasteiger charge is -2.06. The average Bonchev–Trinajstić information content (AvgIpc) is 2.65. The van der Waals surface area contributed by atoms with Gasteiger partial charge in [0.1, 0.15) is 13.2 Å². The van der Waals surface area contributed by atoms with Crippen LogP contribution in [0.1, 0.15) is 10.4 Å².